The average Bonchev–Trinajstić information content (AvgIpc) is 2.73. The molecule has 20 heavy (non-hydrogen) atoms. The van der Waals surface area contributed by atoms with Crippen molar-refractivity contribution in [3.63, 3.8) is 0 Å². The Labute approximate surface area is 118 Å². The fourth-order valence-corrected chi connectivity index (χ4v) is 5.49. The van der Waals surface area contributed by atoms with Crippen LogP contribution in [0.4, 0.5) is 0 Å². The quantitative estimate of drug-likeness (QED) is 0.815. The molecule has 1 fully saturated rings. The molecule has 0 aromatic heterocycles. The van der Waals surface area contributed by atoms with Crippen LogP contribution in [0.2, 0.25) is 0 Å². The zero-order chi connectivity index (χ0) is 14.4. The van der Waals surface area contributed by atoms with Crippen molar-refractivity contribution in [2.24, 2.45) is 5.73 Å². The first kappa shape index (κ1) is 13.9. The van der Waals surface area contributed by atoms with Crippen molar-refractivity contribution >= 4 is 9.84 Å². The molecule has 3 rings (SSSR count). The minimum atomic E-state index is -3.20. The molecule has 3 N–H and O–H groups in total. The average molecular weight is 297 g/mol. The van der Waals surface area contributed by atoms with Crippen molar-refractivity contribution < 1.29 is 18.3 Å². The fraction of sp³-hybridized carbons (Fsp3) is 0.571. The van der Waals surface area contributed by atoms with E-state index in [1.54, 1.807) is 0 Å². The summed E-state index contributed by atoms with van der Waals surface area (Å²) in [5.74, 6) is 0.502. The smallest absolute Gasteiger partial charge is 0.153 e. The highest BCUT2D eigenvalue weighted by Gasteiger charge is 2.57. The molecular weight excluding hydrogens is 278 g/mol. The topological polar surface area (TPSA) is 89.6 Å². The summed E-state index contributed by atoms with van der Waals surface area (Å²) < 4.78 is 29.3. The lowest BCUT2D eigenvalue weighted by Crippen LogP contribution is -2.58. The van der Waals surface area contributed by atoms with Crippen LogP contribution < -0.4 is 10.5 Å². The number of sulfone groups is 1. The number of benzene rings is 1. The molecule has 2 unspecified atom stereocenters. The highest BCUT2D eigenvalue weighted by atomic mass is 32.2. The maximum atomic E-state index is 11.8. The molecule has 1 aromatic carbocycles. The lowest BCUT2D eigenvalue weighted by atomic mass is 9.64. The molecule has 0 aliphatic carbocycles. The number of rotatable bonds is 2. The molecule has 110 valence electrons. The molecular formula is C14H19NO4S. The maximum absolute atomic E-state index is 11.8. The number of hydrogen-bond donors (Lipinski definition) is 2. The first-order valence-corrected chi connectivity index (χ1v) is 8.60. The minimum Gasteiger partial charge on any atom is -0.493 e. The van der Waals surface area contributed by atoms with Gasteiger partial charge >= 0.3 is 0 Å². The number of ether oxygens (including phenoxy) is 1. The molecule has 0 radical (unpaired) electrons. The molecule has 2 aliphatic rings. The van der Waals surface area contributed by atoms with Gasteiger partial charge in [-0.25, -0.2) is 8.42 Å². The van der Waals surface area contributed by atoms with E-state index in [1.807, 2.05) is 24.3 Å². The minimum absolute atomic E-state index is 0.0221. The van der Waals surface area contributed by atoms with E-state index in [0.29, 0.717) is 18.8 Å². The molecule has 0 saturated carbocycles. The molecule has 5 nitrogen and oxygen atoms in total. The van der Waals surface area contributed by atoms with Crippen LogP contribution in [0, 0.1) is 0 Å². The molecule has 0 bridgehead atoms. The van der Waals surface area contributed by atoms with Gasteiger partial charge in [0.15, 0.2) is 9.84 Å². The van der Waals surface area contributed by atoms with Crippen LogP contribution in [-0.4, -0.2) is 43.8 Å². The predicted molar refractivity (Wildman–Crippen MR) is 75.5 cm³/mol. The number of aliphatic hydroxyl groups is 1. The second-order valence-electron chi connectivity index (χ2n) is 5.75. The molecule has 2 atom stereocenters. The van der Waals surface area contributed by atoms with Crippen molar-refractivity contribution in [1.82, 2.24) is 0 Å². The summed E-state index contributed by atoms with van der Waals surface area (Å²) in [6, 6.07) is 7.45. The first-order chi connectivity index (χ1) is 9.43. The SMILES string of the molecule is NCC1(C2(O)CCS(=O)(=O)C2)CCOc2ccccc21. The molecule has 2 heterocycles. The molecule has 1 aromatic rings. The Hall–Kier alpha value is -1.11. The van der Waals surface area contributed by atoms with Gasteiger partial charge in [0.25, 0.3) is 0 Å². The van der Waals surface area contributed by atoms with E-state index in [1.165, 1.54) is 0 Å². The van der Waals surface area contributed by atoms with Gasteiger partial charge in [0.05, 0.1) is 23.7 Å². The Balaban J connectivity index is 2.14. The zero-order valence-corrected chi connectivity index (χ0v) is 12.0. The molecule has 2 aliphatic heterocycles. The van der Waals surface area contributed by atoms with Crippen LogP contribution >= 0.6 is 0 Å². The highest BCUT2D eigenvalue weighted by molar-refractivity contribution is 7.91. The summed E-state index contributed by atoms with van der Waals surface area (Å²) in [6.45, 7) is 0.649. The van der Waals surface area contributed by atoms with Crippen LogP contribution in [0.1, 0.15) is 18.4 Å². The third-order valence-corrected chi connectivity index (χ3v) is 6.46. The summed E-state index contributed by atoms with van der Waals surface area (Å²) in [6.07, 6.45) is 0.771. The van der Waals surface area contributed by atoms with Gasteiger partial charge in [-0.3, -0.25) is 0 Å². The number of para-hydroxylation sites is 1. The second-order valence-corrected chi connectivity index (χ2v) is 7.94. The number of hydrogen-bond acceptors (Lipinski definition) is 5. The highest BCUT2D eigenvalue weighted by Crippen LogP contribution is 2.49. The standard InChI is InChI=1S/C14H19NO4S/c15-9-13(14(16)6-8-20(17,18)10-14)5-7-19-12-4-2-1-3-11(12)13/h1-4,16H,5-10,15H2. The lowest BCUT2D eigenvalue weighted by Gasteiger charge is -2.47. The number of fused-ring (bicyclic) bond motifs is 1. The summed E-state index contributed by atoms with van der Waals surface area (Å²) >= 11 is 0. The lowest BCUT2D eigenvalue weighted by molar-refractivity contribution is -0.0315. The van der Waals surface area contributed by atoms with E-state index in [2.05, 4.69) is 0 Å². The molecule has 1 saturated heterocycles. The Kier molecular flexibility index (Phi) is 3.08. The van der Waals surface area contributed by atoms with Crippen LogP contribution in [-0.2, 0) is 15.3 Å². The Morgan fingerprint density at radius 3 is 2.70 bits per heavy atom. The molecule has 0 amide bonds. The van der Waals surface area contributed by atoms with Crippen molar-refractivity contribution in [3.05, 3.63) is 29.8 Å². The van der Waals surface area contributed by atoms with E-state index in [4.69, 9.17) is 10.5 Å². The third kappa shape index (κ3) is 1.86. The third-order valence-electron chi connectivity index (χ3n) is 4.71. The van der Waals surface area contributed by atoms with Gasteiger partial charge in [0.1, 0.15) is 5.75 Å². The Morgan fingerprint density at radius 2 is 2.05 bits per heavy atom. The van der Waals surface area contributed by atoms with Crippen LogP contribution in [0.25, 0.3) is 0 Å². The summed E-state index contributed by atoms with van der Waals surface area (Å²) in [7, 11) is -3.20. The van der Waals surface area contributed by atoms with Crippen molar-refractivity contribution in [3.8, 4) is 5.75 Å². The van der Waals surface area contributed by atoms with E-state index >= 15 is 0 Å². The first-order valence-electron chi connectivity index (χ1n) is 6.78. The monoisotopic (exact) mass is 297 g/mol. The second kappa shape index (κ2) is 4.44. The van der Waals surface area contributed by atoms with Crippen LogP contribution in [0.3, 0.4) is 0 Å². The summed E-state index contributed by atoms with van der Waals surface area (Å²) in [4.78, 5) is 0. The van der Waals surface area contributed by atoms with Gasteiger partial charge in [-0.2, -0.15) is 0 Å². The predicted octanol–water partition coefficient (Wildman–Crippen LogP) is 0.215. The van der Waals surface area contributed by atoms with Crippen molar-refractivity contribution in [2.45, 2.75) is 23.9 Å². The summed E-state index contributed by atoms with van der Waals surface area (Å²) in [5, 5.41) is 11.0. The van der Waals surface area contributed by atoms with E-state index in [9.17, 15) is 13.5 Å². The summed E-state index contributed by atoms with van der Waals surface area (Å²) in [5.41, 5.74) is 4.77. The van der Waals surface area contributed by atoms with Crippen molar-refractivity contribution in [1.29, 1.82) is 0 Å². The van der Waals surface area contributed by atoms with Crippen molar-refractivity contribution in [2.75, 3.05) is 24.7 Å². The maximum Gasteiger partial charge on any atom is 0.153 e. The van der Waals surface area contributed by atoms with Gasteiger partial charge in [-0.1, -0.05) is 18.2 Å². The molecule has 0 spiro atoms. The largest absolute Gasteiger partial charge is 0.493 e. The Bertz CT molecular complexity index is 630. The van der Waals surface area contributed by atoms with E-state index < -0.39 is 20.9 Å². The molecule has 6 heteroatoms. The fourth-order valence-electron chi connectivity index (χ4n) is 3.55. The van der Waals surface area contributed by atoms with E-state index in [-0.39, 0.29) is 24.5 Å². The van der Waals surface area contributed by atoms with Crippen LogP contribution in [0.15, 0.2) is 24.3 Å². The Morgan fingerprint density at radius 1 is 1.30 bits per heavy atom. The van der Waals surface area contributed by atoms with Gasteiger partial charge < -0.3 is 15.6 Å². The zero-order valence-electron chi connectivity index (χ0n) is 11.2. The van der Waals surface area contributed by atoms with Gasteiger partial charge in [0.2, 0.25) is 0 Å². The van der Waals surface area contributed by atoms with Gasteiger partial charge in [-0.05, 0) is 18.9 Å². The number of nitrogens with two attached hydrogens (primary N) is 1. The van der Waals surface area contributed by atoms with Gasteiger partial charge in [-0.15, -0.1) is 0 Å². The van der Waals surface area contributed by atoms with E-state index in [0.717, 1.165) is 5.56 Å². The normalized spacial score (nSPS) is 35.3. The van der Waals surface area contributed by atoms with Crippen LogP contribution in [0.5, 0.6) is 5.75 Å². The van der Waals surface area contributed by atoms with Gasteiger partial charge in [0, 0.05) is 17.5 Å².